The van der Waals surface area contributed by atoms with E-state index >= 15 is 0 Å². The SMILES string of the molecule is Cc1cc(-c2cccc(CN3CCN(C)CC3)c2)cc2ccc(=O)[nH]c12. The average Bonchev–Trinajstić information content (AvgIpc) is 2.64. The summed E-state index contributed by atoms with van der Waals surface area (Å²) in [6, 6.07) is 16.6. The zero-order valence-corrected chi connectivity index (χ0v) is 15.5. The summed E-state index contributed by atoms with van der Waals surface area (Å²) in [7, 11) is 2.19. The highest BCUT2D eigenvalue weighted by Crippen LogP contribution is 2.27. The van der Waals surface area contributed by atoms with Crippen LogP contribution < -0.4 is 5.56 Å². The highest BCUT2D eigenvalue weighted by atomic mass is 16.1. The van der Waals surface area contributed by atoms with E-state index < -0.39 is 0 Å². The van der Waals surface area contributed by atoms with E-state index in [2.05, 4.69) is 65.2 Å². The molecule has 0 radical (unpaired) electrons. The lowest BCUT2D eigenvalue weighted by molar-refractivity contribution is 0.148. The van der Waals surface area contributed by atoms with Crippen molar-refractivity contribution in [1.82, 2.24) is 14.8 Å². The molecule has 134 valence electrons. The molecule has 1 aliphatic rings. The van der Waals surface area contributed by atoms with Crippen LogP contribution in [0.25, 0.3) is 22.0 Å². The minimum Gasteiger partial charge on any atom is -0.322 e. The molecular weight excluding hydrogens is 322 g/mol. The number of aromatic amines is 1. The quantitative estimate of drug-likeness (QED) is 0.790. The molecule has 2 aromatic carbocycles. The summed E-state index contributed by atoms with van der Waals surface area (Å²) in [5.41, 5.74) is 5.75. The molecule has 0 atom stereocenters. The van der Waals surface area contributed by atoms with Crippen molar-refractivity contribution in [2.24, 2.45) is 0 Å². The lowest BCUT2D eigenvalue weighted by Crippen LogP contribution is -2.43. The predicted molar refractivity (Wildman–Crippen MR) is 108 cm³/mol. The first kappa shape index (κ1) is 17.0. The maximum absolute atomic E-state index is 11.6. The summed E-state index contributed by atoms with van der Waals surface area (Å²) in [6.07, 6.45) is 0. The van der Waals surface area contributed by atoms with Gasteiger partial charge < -0.3 is 9.88 Å². The van der Waals surface area contributed by atoms with E-state index in [0.29, 0.717) is 0 Å². The standard InChI is InChI=1S/C22H25N3O/c1-16-12-20(14-19-6-7-21(26)23-22(16)19)18-5-3-4-17(13-18)15-25-10-8-24(2)9-11-25/h3-7,12-14H,8-11,15H2,1-2H3,(H,23,26). The van der Waals surface area contributed by atoms with Gasteiger partial charge in [0, 0.05) is 38.8 Å². The van der Waals surface area contributed by atoms with Crippen LogP contribution in [0.15, 0.2) is 53.3 Å². The second-order valence-electron chi connectivity index (χ2n) is 7.36. The fourth-order valence-corrected chi connectivity index (χ4v) is 3.73. The van der Waals surface area contributed by atoms with Crippen molar-refractivity contribution in [3.63, 3.8) is 0 Å². The first-order chi connectivity index (χ1) is 12.6. The van der Waals surface area contributed by atoms with E-state index in [4.69, 9.17) is 0 Å². The molecule has 4 rings (SSSR count). The van der Waals surface area contributed by atoms with Crippen LogP contribution in [0.3, 0.4) is 0 Å². The molecule has 2 heterocycles. The minimum atomic E-state index is -0.0532. The van der Waals surface area contributed by atoms with Crippen molar-refractivity contribution in [3.05, 3.63) is 70.0 Å². The Labute approximate surface area is 154 Å². The molecule has 0 amide bonds. The Hall–Kier alpha value is -2.43. The van der Waals surface area contributed by atoms with Crippen LogP contribution in [0.2, 0.25) is 0 Å². The summed E-state index contributed by atoms with van der Waals surface area (Å²) in [4.78, 5) is 19.4. The lowest BCUT2D eigenvalue weighted by atomic mass is 9.98. The molecular formula is C22H25N3O. The van der Waals surface area contributed by atoms with E-state index in [9.17, 15) is 4.79 Å². The Morgan fingerprint density at radius 2 is 1.77 bits per heavy atom. The predicted octanol–water partition coefficient (Wildman–Crippen LogP) is 3.25. The normalized spacial score (nSPS) is 16.2. The van der Waals surface area contributed by atoms with Crippen molar-refractivity contribution >= 4 is 10.9 Å². The third-order valence-electron chi connectivity index (χ3n) is 5.29. The zero-order chi connectivity index (χ0) is 18.1. The number of aromatic nitrogens is 1. The molecule has 1 N–H and O–H groups in total. The third kappa shape index (κ3) is 3.57. The number of nitrogens with zero attached hydrogens (tertiary/aromatic N) is 2. The van der Waals surface area contributed by atoms with Crippen LogP contribution in [0.1, 0.15) is 11.1 Å². The molecule has 1 aromatic heterocycles. The van der Waals surface area contributed by atoms with Crippen molar-refractivity contribution in [2.45, 2.75) is 13.5 Å². The fourth-order valence-electron chi connectivity index (χ4n) is 3.73. The van der Waals surface area contributed by atoms with Crippen LogP contribution in [-0.2, 0) is 6.54 Å². The molecule has 0 unspecified atom stereocenters. The number of rotatable bonds is 3. The first-order valence-corrected chi connectivity index (χ1v) is 9.22. The van der Waals surface area contributed by atoms with Gasteiger partial charge in [-0.2, -0.15) is 0 Å². The molecule has 1 saturated heterocycles. The largest absolute Gasteiger partial charge is 0.322 e. The second kappa shape index (κ2) is 7.06. The summed E-state index contributed by atoms with van der Waals surface area (Å²) in [6.45, 7) is 7.59. The summed E-state index contributed by atoms with van der Waals surface area (Å²) < 4.78 is 0. The zero-order valence-electron chi connectivity index (χ0n) is 15.5. The van der Waals surface area contributed by atoms with Crippen molar-refractivity contribution in [1.29, 1.82) is 0 Å². The molecule has 4 nitrogen and oxygen atoms in total. The van der Waals surface area contributed by atoms with Gasteiger partial charge in [-0.05, 0) is 65.9 Å². The van der Waals surface area contributed by atoms with E-state index in [1.165, 1.54) is 16.7 Å². The maximum atomic E-state index is 11.6. The molecule has 1 aliphatic heterocycles. The molecule has 4 heteroatoms. The highest BCUT2D eigenvalue weighted by molar-refractivity contribution is 5.87. The number of likely N-dealkylation sites (N-methyl/N-ethyl adjacent to an activating group) is 1. The lowest BCUT2D eigenvalue weighted by Gasteiger charge is -2.32. The number of pyridine rings is 1. The van der Waals surface area contributed by atoms with Crippen LogP contribution in [0.4, 0.5) is 0 Å². The molecule has 1 fully saturated rings. The van der Waals surface area contributed by atoms with Gasteiger partial charge in [0.05, 0.1) is 5.52 Å². The summed E-state index contributed by atoms with van der Waals surface area (Å²) in [5, 5.41) is 1.07. The van der Waals surface area contributed by atoms with Crippen molar-refractivity contribution < 1.29 is 0 Å². The van der Waals surface area contributed by atoms with Gasteiger partial charge in [0.25, 0.3) is 0 Å². The van der Waals surface area contributed by atoms with Crippen molar-refractivity contribution in [2.75, 3.05) is 33.2 Å². The maximum Gasteiger partial charge on any atom is 0.248 e. The minimum absolute atomic E-state index is 0.0532. The van der Waals surface area contributed by atoms with E-state index in [1.807, 2.05) is 6.07 Å². The van der Waals surface area contributed by atoms with Gasteiger partial charge in [-0.25, -0.2) is 0 Å². The third-order valence-corrected chi connectivity index (χ3v) is 5.29. The molecule has 0 bridgehead atoms. The molecule has 0 aliphatic carbocycles. The van der Waals surface area contributed by atoms with E-state index in [1.54, 1.807) is 6.07 Å². The van der Waals surface area contributed by atoms with Crippen LogP contribution in [0, 0.1) is 6.92 Å². The smallest absolute Gasteiger partial charge is 0.248 e. The van der Waals surface area contributed by atoms with Crippen molar-refractivity contribution in [3.8, 4) is 11.1 Å². The van der Waals surface area contributed by atoms with Gasteiger partial charge in [0.1, 0.15) is 0 Å². The van der Waals surface area contributed by atoms with Gasteiger partial charge in [-0.1, -0.05) is 18.2 Å². The number of benzene rings is 2. The number of hydrogen-bond acceptors (Lipinski definition) is 3. The number of nitrogens with one attached hydrogen (secondary N) is 1. The highest BCUT2D eigenvalue weighted by Gasteiger charge is 2.14. The Kier molecular flexibility index (Phi) is 4.62. The summed E-state index contributed by atoms with van der Waals surface area (Å²) >= 11 is 0. The number of aryl methyl sites for hydroxylation is 1. The van der Waals surface area contributed by atoms with Gasteiger partial charge in [-0.3, -0.25) is 9.69 Å². The van der Waals surface area contributed by atoms with Gasteiger partial charge >= 0.3 is 0 Å². The Balaban J connectivity index is 1.63. The number of hydrogen-bond donors (Lipinski definition) is 1. The summed E-state index contributed by atoms with van der Waals surface area (Å²) in [5.74, 6) is 0. The van der Waals surface area contributed by atoms with Gasteiger partial charge in [0.2, 0.25) is 5.56 Å². The average molecular weight is 347 g/mol. The molecule has 3 aromatic rings. The van der Waals surface area contributed by atoms with E-state index in [-0.39, 0.29) is 5.56 Å². The Bertz CT molecular complexity index is 984. The van der Waals surface area contributed by atoms with Gasteiger partial charge in [-0.15, -0.1) is 0 Å². The Morgan fingerprint density at radius 3 is 2.58 bits per heavy atom. The number of piperazine rings is 1. The second-order valence-corrected chi connectivity index (χ2v) is 7.36. The van der Waals surface area contributed by atoms with Crippen LogP contribution >= 0.6 is 0 Å². The first-order valence-electron chi connectivity index (χ1n) is 9.22. The topological polar surface area (TPSA) is 39.3 Å². The number of H-pyrrole nitrogens is 1. The fraction of sp³-hybridized carbons (Fsp3) is 0.318. The molecule has 0 saturated carbocycles. The van der Waals surface area contributed by atoms with Crippen LogP contribution in [-0.4, -0.2) is 48.0 Å². The monoisotopic (exact) mass is 347 g/mol. The molecule has 26 heavy (non-hydrogen) atoms. The van der Waals surface area contributed by atoms with Gasteiger partial charge in [0.15, 0.2) is 0 Å². The number of fused-ring (bicyclic) bond motifs is 1. The molecule has 0 spiro atoms. The van der Waals surface area contributed by atoms with Crippen LogP contribution in [0.5, 0.6) is 0 Å². The van der Waals surface area contributed by atoms with E-state index in [0.717, 1.165) is 49.2 Å². The Morgan fingerprint density at radius 1 is 0.962 bits per heavy atom.